The van der Waals surface area contributed by atoms with Crippen molar-refractivity contribution in [3.8, 4) is 0 Å². The Balaban J connectivity index is 1.62. The van der Waals surface area contributed by atoms with E-state index in [0.29, 0.717) is 0 Å². The number of amidine groups is 1. The van der Waals surface area contributed by atoms with E-state index in [-0.39, 0.29) is 5.91 Å². The van der Waals surface area contributed by atoms with Crippen molar-refractivity contribution in [2.45, 2.75) is 40.5 Å². The first kappa shape index (κ1) is 20.7. The minimum atomic E-state index is 0.00388. The summed E-state index contributed by atoms with van der Waals surface area (Å²) in [5.74, 6) is 0.00388. The number of anilines is 1. The van der Waals surface area contributed by atoms with Gasteiger partial charge in [0.25, 0.3) is 5.91 Å². The van der Waals surface area contributed by atoms with Gasteiger partial charge in [-0.05, 0) is 92.8 Å². The second kappa shape index (κ2) is 8.31. The molecule has 4 nitrogen and oxygen atoms in total. The summed E-state index contributed by atoms with van der Waals surface area (Å²) in [6.45, 7) is 10.6. The van der Waals surface area contributed by atoms with Crippen molar-refractivity contribution >= 4 is 40.3 Å². The highest BCUT2D eigenvalue weighted by Crippen LogP contribution is 2.36. The molecule has 2 heterocycles. The highest BCUT2D eigenvalue weighted by atomic mass is 32.2. The molecule has 0 radical (unpaired) electrons. The summed E-state index contributed by atoms with van der Waals surface area (Å²) in [4.78, 5) is 22.5. The SMILES string of the molecule is Cc1cc(C)c(N=C2S/C(=C\c3ccc(N4CCCC4)cc3C)C(=O)N2C)c(C)c1. The van der Waals surface area contributed by atoms with Gasteiger partial charge in [-0.2, -0.15) is 0 Å². The second-order valence-electron chi connectivity index (χ2n) is 8.35. The smallest absolute Gasteiger partial charge is 0.266 e. The number of amides is 1. The lowest BCUT2D eigenvalue weighted by Gasteiger charge is -2.18. The maximum Gasteiger partial charge on any atom is 0.266 e. The van der Waals surface area contributed by atoms with Crippen molar-refractivity contribution in [1.29, 1.82) is 0 Å². The molecule has 0 aliphatic carbocycles. The molecule has 0 saturated carbocycles. The number of thioether (sulfide) groups is 1. The van der Waals surface area contributed by atoms with Gasteiger partial charge in [0, 0.05) is 25.8 Å². The zero-order valence-corrected chi connectivity index (χ0v) is 19.3. The summed E-state index contributed by atoms with van der Waals surface area (Å²) in [5, 5.41) is 0.729. The van der Waals surface area contributed by atoms with Crippen LogP contribution in [0.25, 0.3) is 6.08 Å². The summed E-state index contributed by atoms with van der Waals surface area (Å²) in [5.41, 5.74) is 8.01. The Labute approximate surface area is 183 Å². The van der Waals surface area contributed by atoms with Crippen LogP contribution in [0.2, 0.25) is 0 Å². The molecule has 1 amide bonds. The molecule has 0 aromatic heterocycles. The van der Waals surface area contributed by atoms with Crippen LogP contribution >= 0.6 is 11.8 Å². The van der Waals surface area contributed by atoms with Crippen LogP contribution in [-0.2, 0) is 4.79 Å². The molecule has 2 aliphatic heterocycles. The second-order valence-corrected chi connectivity index (χ2v) is 9.36. The van der Waals surface area contributed by atoms with Crippen LogP contribution in [0.1, 0.15) is 40.7 Å². The molecule has 2 aromatic carbocycles. The lowest BCUT2D eigenvalue weighted by molar-refractivity contribution is -0.121. The van der Waals surface area contributed by atoms with Gasteiger partial charge in [-0.25, -0.2) is 4.99 Å². The van der Waals surface area contributed by atoms with Crippen LogP contribution in [0.15, 0.2) is 40.2 Å². The lowest BCUT2D eigenvalue weighted by atomic mass is 10.1. The average Bonchev–Trinajstić information content (AvgIpc) is 3.31. The van der Waals surface area contributed by atoms with E-state index >= 15 is 0 Å². The average molecular weight is 420 g/mol. The molecule has 0 unspecified atom stereocenters. The summed E-state index contributed by atoms with van der Waals surface area (Å²) >= 11 is 1.45. The third-order valence-electron chi connectivity index (χ3n) is 5.86. The quantitative estimate of drug-likeness (QED) is 0.594. The van der Waals surface area contributed by atoms with Crippen molar-refractivity contribution in [2.75, 3.05) is 25.0 Å². The van der Waals surface area contributed by atoms with Crippen LogP contribution in [0, 0.1) is 27.7 Å². The molecule has 2 aromatic rings. The molecular formula is C25H29N3OS. The van der Waals surface area contributed by atoms with E-state index in [0.717, 1.165) is 45.5 Å². The molecule has 0 N–H and O–H groups in total. The molecule has 0 atom stereocenters. The Morgan fingerprint density at radius 1 is 0.967 bits per heavy atom. The number of aryl methyl sites for hydroxylation is 4. The Kier molecular flexibility index (Phi) is 5.74. The first-order chi connectivity index (χ1) is 14.3. The number of nitrogens with zero attached hydrogens (tertiary/aromatic N) is 3. The molecule has 0 spiro atoms. The van der Waals surface area contributed by atoms with Crippen molar-refractivity contribution in [3.63, 3.8) is 0 Å². The Morgan fingerprint density at radius 3 is 2.27 bits per heavy atom. The van der Waals surface area contributed by atoms with Crippen molar-refractivity contribution in [1.82, 2.24) is 4.90 Å². The minimum absolute atomic E-state index is 0.00388. The van der Waals surface area contributed by atoms with Crippen molar-refractivity contribution in [3.05, 3.63) is 63.1 Å². The monoisotopic (exact) mass is 419 g/mol. The van der Waals surface area contributed by atoms with Gasteiger partial charge in [0.05, 0.1) is 10.6 Å². The van der Waals surface area contributed by atoms with E-state index in [9.17, 15) is 4.79 Å². The lowest BCUT2D eigenvalue weighted by Crippen LogP contribution is -2.23. The Morgan fingerprint density at radius 2 is 1.63 bits per heavy atom. The topological polar surface area (TPSA) is 35.9 Å². The number of likely N-dealkylation sites (N-methyl/N-ethyl adjacent to an activating group) is 1. The molecule has 2 aliphatic rings. The van der Waals surface area contributed by atoms with Gasteiger partial charge in [-0.3, -0.25) is 9.69 Å². The normalized spacial score (nSPS) is 19.6. The molecule has 156 valence electrons. The standard InChI is InChI=1S/C25H29N3OS/c1-16-12-18(3)23(19(4)13-16)26-25-27(5)24(29)22(30-25)15-20-8-9-21(14-17(20)2)28-10-6-7-11-28/h8-9,12-15H,6-7,10-11H2,1-5H3/b22-15-,26-25?. The number of rotatable bonds is 3. The highest BCUT2D eigenvalue weighted by Gasteiger charge is 2.30. The van der Waals surface area contributed by atoms with E-state index in [4.69, 9.17) is 4.99 Å². The first-order valence-corrected chi connectivity index (χ1v) is 11.3. The fourth-order valence-electron chi connectivity index (χ4n) is 4.23. The molecule has 4 rings (SSSR count). The van der Waals surface area contributed by atoms with Crippen LogP contribution < -0.4 is 4.90 Å². The van der Waals surface area contributed by atoms with Gasteiger partial charge < -0.3 is 4.90 Å². The molecule has 2 fully saturated rings. The van der Waals surface area contributed by atoms with Crippen molar-refractivity contribution in [2.24, 2.45) is 4.99 Å². The largest absolute Gasteiger partial charge is 0.372 e. The van der Waals surface area contributed by atoms with Gasteiger partial charge in [-0.15, -0.1) is 0 Å². The van der Waals surface area contributed by atoms with Crippen LogP contribution in [0.5, 0.6) is 0 Å². The van der Waals surface area contributed by atoms with Gasteiger partial charge in [-0.1, -0.05) is 23.8 Å². The van der Waals surface area contributed by atoms with E-state index in [1.54, 1.807) is 11.9 Å². The van der Waals surface area contributed by atoms with Crippen LogP contribution in [-0.4, -0.2) is 36.1 Å². The van der Waals surface area contributed by atoms with Gasteiger partial charge >= 0.3 is 0 Å². The fraction of sp³-hybridized carbons (Fsp3) is 0.360. The minimum Gasteiger partial charge on any atom is -0.372 e. The zero-order chi connectivity index (χ0) is 21.4. The number of hydrogen-bond donors (Lipinski definition) is 0. The number of carbonyl (C=O) groups excluding carboxylic acids is 1. The number of benzene rings is 2. The number of carbonyl (C=O) groups is 1. The maximum atomic E-state index is 12.9. The molecule has 5 heteroatoms. The van der Waals surface area contributed by atoms with Gasteiger partial charge in [0.15, 0.2) is 5.17 Å². The number of aliphatic imine (C=N–C) groups is 1. The summed E-state index contributed by atoms with van der Waals surface area (Å²) < 4.78 is 0. The van der Waals surface area contributed by atoms with Gasteiger partial charge in [0.1, 0.15) is 0 Å². The summed E-state index contributed by atoms with van der Waals surface area (Å²) in [6, 6.07) is 10.8. The Hall–Kier alpha value is -2.53. The Bertz CT molecular complexity index is 1040. The third-order valence-corrected chi connectivity index (χ3v) is 6.92. The van der Waals surface area contributed by atoms with Crippen molar-refractivity contribution < 1.29 is 4.79 Å². The maximum absolute atomic E-state index is 12.9. The number of hydrogen-bond acceptors (Lipinski definition) is 4. The predicted octanol–water partition coefficient (Wildman–Crippen LogP) is 5.75. The fourth-order valence-corrected chi connectivity index (χ4v) is 5.19. The zero-order valence-electron chi connectivity index (χ0n) is 18.5. The van der Waals surface area contributed by atoms with E-state index in [1.165, 1.54) is 41.4 Å². The molecule has 30 heavy (non-hydrogen) atoms. The van der Waals surface area contributed by atoms with E-state index in [2.05, 4.69) is 62.9 Å². The third kappa shape index (κ3) is 4.04. The van der Waals surface area contributed by atoms with E-state index < -0.39 is 0 Å². The predicted molar refractivity (Wildman–Crippen MR) is 129 cm³/mol. The van der Waals surface area contributed by atoms with Crippen LogP contribution in [0.4, 0.5) is 11.4 Å². The summed E-state index contributed by atoms with van der Waals surface area (Å²) in [7, 11) is 1.80. The molecular weight excluding hydrogens is 390 g/mol. The van der Waals surface area contributed by atoms with E-state index in [1.807, 2.05) is 6.08 Å². The molecule has 2 saturated heterocycles. The van der Waals surface area contributed by atoms with Gasteiger partial charge in [0.2, 0.25) is 0 Å². The molecule has 0 bridgehead atoms. The summed E-state index contributed by atoms with van der Waals surface area (Å²) in [6.07, 6.45) is 4.54. The van der Waals surface area contributed by atoms with Crippen LogP contribution in [0.3, 0.4) is 0 Å². The first-order valence-electron chi connectivity index (χ1n) is 10.5. The highest BCUT2D eigenvalue weighted by molar-refractivity contribution is 8.18.